The summed E-state index contributed by atoms with van der Waals surface area (Å²) in [6.45, 7) is 2.73. The van der Waals surface area contributed by atoms with Crippen molar-refractivity contribution in [2.24, 2.45) is 0 Å². The first kappa shape index (κ1) is 10.8. The van der Waals surface area contributed by atoms with Crippen LogP contribution in [-0.2, 0) is 9.47 Å². The standard InChI is InChI=1S/C9H15N3O2S/c1-3-14-7-4-6(8(7)13-2)11-9-12-10-5-15-9/h5-8H,3-4H2,1-2H3,(H,11,12). The van der Waals surface area contributed by atoms with Crippen molar-refractivity contribution < 1.29 is 9.47 Å². The lowest BCUT2D eigenvalue weighted by Gasteiger charge is -2.43. The van der Waals surface area contributed by atoms with Crippen LogP contribution in [0.5, 0.6) is 0 Å². The van der Waals surface area contributed by atoms with Crippen LogP contribution in [0.4, 0.5) is 5.13 Å². The summed E-state index contributed by atoms with van der Waals surface area (Å²) in [6.07, 6.45) is 1.30. The van der Waals surface area contributed by atoms with Gasteiger partial charge in [0.25, 0.3) is 0 Å². The highest BCUT2D eigenvalue weighted by atomic mass is 32.1. The van der Waals surface area contributed by atoms with E-state index in [1.807, 2.05) is 6.92 Å². The van der Waals surface area contributed by atoms with Crippen LogP contribution < -0.4 is 5.32 Å². The van der Waals surface area contributed by atoms with Crippen LogP contribution in [0.15, 0.2) is 5.51 Å². The minimum Gasteiger partial charge on any atom is -0.377 e. The van der Waals surface area contributed by atoms with Gasteiger partial charge in [0, 0.05) is 13.7 Å². The van der Waals surface area contributed by atoms with Crippen LogP contribution in [0.3, 0.4) is 0 Å². The van der Waals surface area contributed by atoms with E-state index in [0.717, 1.165) is 18.2 Å². The minimum atomic E-state index is 0.119. The largest absolute Gasteiger partial charge is 0.377 e. The van der Waals surface area contributed by atoms with Crippen LogP contribution in [-0.4, -0.2) is 42.2 Å². The lowest BCUT2D eigenvalue weighted by molar-refractivity contribution is -0.118. The molecular formula is C9H15N3O2S. The molecule has 1 aliphatic rings. The summed E-state index contributed by atoms with van der Waals surface area (Å²) in [4.78, 5) is 0. The van der Waals surface area contributed by atoms with Gasteiger partial charge in [-0.3, -0.25) is 0 Å². The third-order valence-electron chi connectivity index (χ3n) is 2.57. The summed E-state index contributed by atoms with van der Waals surface area (Å²) in [5.41, 5.74) is 1.71. The van der Waals surface area contributed by atoms with Crippen molar-refractivity contribution >= 4 is 16.5 Å². The van der Waals surface area contributed by atoms with Gasteiger partial charge in [0.15, 0.2) is 0 Å². The molecule has 6 heteroatoms. The Morgan fingerprint density at radius 2 is 2.53 bits per heavy atom. The molecule has 84 valence electrons. The SMILES string of the molecule is CCOC1CC(Nc2nncs2)C1OC. The van der Waals surface area contributed by atoms with Gasteiger partial charge in [0.1, 0.15) is 11.6 Å². The molecule has 0 aliphatic heterocycles. The molecule has 1 aliphatic carbocycles. The van der Waals surface area contributed by atoms with E-state index in [9.17, 15) is 0 Å². The first-order valence-electron chi connectivity index (χ1n) is 5.02. The number of nitrogens with zero attached hydrogens (tertiary/aromatic N) is 2. The van der Waals surface area contributed by atoms with Gasteiger partial charge in [-0.15, -0.1) is 10.2 Å². The Kier molecular flexibility index (Phi) is 3.50. The Balaban J connectivity index is 1.85. The Bertz CT molecular complexity index is 294. The summed E-state index contributed by atoms with van der Waals surface area (Å²) in [7, 11) is 1.71. The quantitative estimate of drug-likeness (QED) is 0.820. The van der Waals surface area contributed by atoms with E-state index in [1.54, 1.807) is 12.6 Å². The summed E-state index contributed by atoms with van der Waals surface area (Å²) in [5.74, 6) is 0. The summed E-state index contributed by atoms with van der Waals surface area (Å²) < 4.78 is 10.9. The molecule has 2 rings (SSSR count). The molecule has 0 saturated heterocycles. The fourth-order valence-electron chi connectivity index (χ4n) is 1.81. The van der Waals surface area contributed by atoms with E-state index in [4.69, 9.17) is 9.47 Å². The van der Waals surface area contributed by atoms with Gasteiger partial charge < -0.3 is 14.8 Å². The lowest BCUT2D eigenvalue weighted by Crippen LogP contribution is -2.56. The molecule has 15 heavy (non-hydrogen) atoms. The van der Waals surface area contributed by atoms with Crippen molar-refractivity contribution in [3.05, 3.63) is 5.51 Å². The van der Waals surface area contributed by atoms with E-state index in [1.165, 1.54) is 11.3 Å². The van der Waals surface area contributed by atoms with Crippen LogP contribution in [0.2, 0.25) is 0 Å². The average molecular weight is 229 g/mol. The van der Waals surface area contributed by atoms with E-state index < -0.39 is 0 Å². The van der Waals surface area contributed by atoms with Gasteiger partial charge in [-0.1, -0.05) is 11.3 Å². The minimum absolute atomic E-state index is 0.119. The number of rotatable bonds is 5. The monoisotopic (exact) mass is 229 g/mol. The van der Waals surface area contributed by atoms with Gasteiger partial charge in [-0.2, -0.15) is 0 Å². The molecule has 1 heterocycles. The first-order valence-corrected chi connectivity index (χ1v) is 5.90. The van der Waals surface area contributed by atoms with E-state index >= 15 is 0 Å². The molecule has 1 saturated carbocycles. The molecule has 0 spiro atoms. The maximum absolute atomic E-state index is 5.53. The zero-order valence-corrected chi connectivity index (χ0v) is 9.66. The second-order valence-electron chi connectivity index (χ2n) is 3.42. The topological polar surface area (TPSA) is 56.3 Å². The fourth-order valence-corrected chi connectivity index (χ4v) is 2.32. The van der Waals surface area contributed by atoms with E-state index in [-0.39, 0.29) is 12.2 Å². The van der Waals surface area contributed by atoms with Crippen LogP contribution >= 0.6 is 11.3 Å². The number of nitrogens with one attached hydrogen (secondary N) is 1. The van der Waals surface area contributed by atoms with Gasteiger partial charge in [-0.25, -0.2) is 0 Å². The molecule has 0 amide bonds. The Morgan fingerprint density at radius 3 is 3.13 bits per heavy atom. The van der Waals surface area contributed by atoms with E-state index in [2.05, 4.69) is 15.5 Å². The maximum atomic E-state index is 5.53. The number of hydrogen-bond acceptors (Lipinski definition) is 6. The number of ether oxygens (including phenoxy) is 2. The smallest absolute Gasteiger partial charge is 0.205 e. The fraction of sp³-hybridized carbons (Fsp3) is 0.778. The van der Waals surface area contributed by atoms with Gasteiger partial charge in [0.05, 0.1) is 12.1 Å². The number of methoxy groups -OCH3 is 1. The number of hydrogen-bond donors (Lipinski definition) is 1. The zero-order valence-electron chi connectivity index (χ0n) is 8.84. The number of aromatic nitrogens is 2. The third kappa shape index (κ3) is 2.27. The van der Waals surface area contributed by atoms with Crippen molar-refractivity contribution in [3.63, 3.8) is 0 Å². The molecule has 1 aromatic rings. The Hall–Kier alpha value is -0.720. The molecule has 0 bridgehead atoms. The van der Waals surface area contributed by atoms with E-state index in [0.29, 0.717) is 6.04 Å². The summed E-state index contributed by atoms with van der Waals surface area (Å²) in [5, 5.41) is 11.8. The summed E-state index contributed by atoms with van der Waals surface area (Å²) in [6, 6.07) is 0.291. The average Bonchev–Trinajstić information content (AvgIpc) is 2.69. The van der Waals surface area contributed by atoms with Gasteiger partial charge in [-0.05, 0) is 13.3 Å². The molecule has 5 nitrogen and oxygen atoms in total. The summed E-state index contributed by atoms with van der Waals surface area (Å²) >= 11 is 1.50. The van der Waals surface area contributed by atoms with Crippen LogP contribution in [0, 0.1) is 0 Å². The van der Waals surface area contributed by atoms with Crippen molar-refractivity contribution in [1.82, 2.24) is 10.2 Å². The number of anilines is 1. The highest BCUT2D eigenvalue weighted by molar-refractivity contribution is 7.13. The Labute approximate surface area is 92.8 Å². The zero-order chi connectivity index (χ0) is 10.7. The first-order chi connectivity index (χ1) is 7.35. The normalized spacial score (nSPS) is 29.9. The van der Waals surface area contributed by atoms with Crippen molar-refractivity contribution in [1.29, 1.82) is 0 Å². The molecule has 0 aromatic carbocycles. The Morgan fingerprint density at radius 1 is 1.67 bits per heavy atom. The van der Waals surface area contributed by atoms with Crippen LogP contribution in [0.1, 0.15) is 13.3 Å². The van der Waals surface area contributed by atoms with Gasteiger partial charge in [0.2, 0.25) is 5.13 Å². The van der Waals surface area contributed by atoms with Crippen molar-refractivity contribution in [2.75, 3.05) is 19.0 Å². The van der Waals surface area contributed by atoms with Gasteiger partial charge >= 0.3 is 0 Å². The van der Waals surface area contributed by atoms with Crippen molar-refractivity contribution in [3.8, 4) is 0 Å². The highest BCUT2D eigenvalue weighted by Gasteiger charge is 2.42. The molecular weight excluding hydrogens is 214 g/mol. The predicted molar refractivity (Wildman–Crippen MR) is 58.1 cm³/mol. The molecule has 1 aromatic heterocycles. The second kappa shape index (κ2) is 4.87. The predicted octanol–water partition coefficient (Wildman–Crippen LogP) is 1.14. The molecule has 3 unspecified atom stereocenters. The van der Waals surface area contributed by atoms with Crippen molar-refractivity contribution in [2.45, 2.75) is 31.6 Å². The lowest BCUT2D eigenvalue weighted by atomic mass is 9.85. The third-order valence-corrected chi connectivity index (χ3v) is 3.19. The van der Waals surface area contributed by atoms with Crippen LogP contribution in [0.25, 0.3) is 0 Å². The molecule has 3 atom stereocenters. The molecule has 1 fully saturated rings. The second-order valence-corrected chi connectivity index (χ2v) is 4.26. The molecule has 1 N–H and O–H groups in total. The maximum Gasteiger partial charge on any atom is 0.205 e. The molecule has 0 radical (unpaired) electrons. The highest BCUT2D eigenvalue weighted by Crippen LogP contribution is 2.29.